The third kappa shape index (κ3) is 4.53. The second-order valence-corrected chi connectivity index (χ2v) is 6.19. The van der Waals surface area contributed by atoms with Gasteiger partial charge in [-0.3, -0.25) is 14.9 Å². The van der Waals surface area contributed by atoms with Crippen LogP contribution < -0.4 is 5.32 Å². The van der Waals surface area contributed by atoms with Gasteiger partial charge in [0.25, 0.3) is 11.6 Å². The summed E-state index contributed by atoms with van der Waals surface area (Å²) in [5, 5.41) is 13.6. The standard InChI is InChI=1S/C16H23N3O3/c1-12-4-3-9-18(10-12)11-13(2)17-16(20)14-5-7-15(8-6-14)19(21)22/h5-8,12-13H,3-4,9-11H2,1-2H3,(H,17,20). The van der Waals surface area contributed by atoms with Gasteiger partial charge in [-0.25, -0.2) is 0 Å². The zero-order valence-electron chi connectivity index (χ0n) is 13.1. The summed E-state index contributed by atoms with van der Waals surface area (Å²) in [6.07, 6.45) is 2.49. The molecular formula is C16H23N3O3. The summed E-state index contributed by atoms with van der Waals surface area (Å²) in [6, 6.07) is 5.73. The number of piperidine rings is 1. The number of benzene rings is 1. The van der Waals surface area contributed by atoms with Crippen LogP contribution in [0.4, 0.5) is 5.69 Å². The maximum absolute atomic E-state index is 12.1. The number of carbonyl (C=O) groups is 1. The molecule has 1 aromatic rings. The van der Waals surface area contributed by atoms with Crippen molar-refractivity contribution in [1.29, 1.82) is 0 Å². The van der Waals surface area contributed by atoms with Crippen molar-refractivity contribution in [3.8, 4) is 0 Å². The number of hydrogen-bond donors (Lipinski definition) is 1. The van der Waals surface area contributed by atoms with Gasteiger partial charge in [-0.2, -0.15) is 0 Å². The van der Waals surface area contributed by atoms with Crippen LogP contribution in [0.3, 0.4) is 0 Å². The van der Waals surface area contributed by atoms with Crippen LogP contribution in [0.5, 0.6) is 0 Å². The summed E-state index contributed by atoms with van der Waals surface area (Å²) in [5.74, 6) is 0.527. The van der Waals surface area contributed by atoms with Crippen molar-refractivity contribution in [3.05, 3.63) is 39.9 Å². The van der Waals surface area contributed by atoms with Gasteiger partial charge in [-0.15, -0.1) is 0 Å². The average molecular weight is 305 g/mol. The molecule has 0 saturated carbocycles. The third-order valence-corrected chi connectivity index (χ3v) is 3.99. The van der Waals surface area contributed by atoms with E-state index in [-0.39, 0.29) is 17.6 Å². The van der Waals surface area contributed by atoms with Crippen molar-refractivity contribution < 1.29 is 9.72 Å². The second kappa shape index (κ2) is 7.35. The number of nitrogens with one attached hydrogen (secondary N) is 1. The van der Waals surface area contributed by atoms with Crippen LogP contribution in [0, 0.1) is 16.0 Å². The van der Waals surface area contributed by atoms with E-state index in [4.69, 9.17) is 0 Å². The summed E-state index contributed by atoms with van der Waals surface area (Å²) in [5.41, 5.74) is 0.441. The van der Waals surface area contributed by atoms with Crippen molar-refractivity contribution in [2.75, 3.05) is 19.6 Å². The lowest BCUT2D eigenvalue weighted by Gasteiger charge is -2.32. The Morgan fingerprint density at radius 3 is 2.73 bits per heavy atom. The zero-order valence-corrected chi connectivity index (χ0v) is 13.1. The van der Waals surface area contributed by atoms with E-state index < -0.39 is 4.92 Å². The predicted octanol–water partition coefficient (Wildman–Crippen LogP) is 2.45. The molecule has 0 bridgehead atoms. The van der Waals surface area contributed by atoms with Crippen LogP contribution >= 0.6 is 0 Å². The largest absolute Gasteiger partial charge is 0.348 e. The molecule has 6 heteroatoms. The first-order valence-electron chi connectivity index (χ1n) is 7.73. The van der Waals surface area contributed by atoms with E-state index >= 15 is 0 Å². The molecule has 0 aromatic heterocycles. The molecule has 1 N–H and O–H groups in total. The molecule has 1 heterocycles. The fraction of sp³-hybridized carbons (Fsp3) is 0.562. The molecule has 2 atom stereocenters. The number of hydrogen-bond acceptors (Lipinski definition) is 4. The van der Waals surface area contributed by atoms with Crippen LogP contribution in [0.25, 0.3) is 0 Å². The molecule has 1 aromatic carbocycles. The highest BCUT2D eigenvalue weighted by Gasteiger charge is 2.19. The van der Waals surface area contributed by atoms with Gasteiger partial charge in [0.2, 0.25) is 0 Å². The molecule has 0 spiro atoms. The fourth-order valence-corrected chi connectivity index (χ4v) is 2.93. The Hall–Kier alpha value is -1.95. The number of likely N-dealkylation sites (tertiary alicyclic amines) is 1. The van der Waals surface area contributed by atoms with E-state index in [1.807, 2.05) is 6.92 Å². The summed E-state index contributed by atoms with van der Waals surface area (Å²) >= 11 is 0. The minimum atomic E-state index is -0.470. The first kappa shape index (κ1) is 16.4. The molecule has 1 fully saturated rings. The molecule has 2 unspecified atom stereocenters. The zero-order chi connectivity index (χ0) is 16.1. The monoisotopic (exact) mass is 305 g/mol. The van der Waals surface area contributed by atoms with Gasteiger partial charge >= 0.3 is 0 Å². The fourth-order valence-electron chi connectivity index (χ4n) is 2.93. The maximum Gasteiger partial charge on any atom is 0.269 e. The topological polar surface area (TPSA) is 75.5 Å². The van der Waals surface area contributed by atoms with Crippen molar-refractivity contribution in [1.82, 2.24) is 10.2 Å². The van der Waals surface area contributed by atoms with Crippen LogP contribution in [0.2, 0.25) is 0 Å². The minimum Gasteiger partial charge on any atom is -0.348 e. The Morgan fingerprint density at radius 1 is 1.45 bits per heavy atom. The lowest BCUT2D eigenvalue weighted by atomic mass is 10.00. The van der Waals surface area contributed by atoms with Gasteiger partial charge in [-0.1, -0.05) is 6.92 Å². The third-order valence-electron chi connectivity index (χ3n) is 3.99. The van der Waals surface area contributed by atoms with E-state index in [9.17, 15) is 14.9 Å². The molecule has 1 amide bonds. The Balaban J connectivity index is 1.86. The Labute approximate surface area is 130 Å². The molecule has 6 nitrogen and oxygen atoms in total. The summed E-state index contributed by atoms with van der Waals surface area (Å²) in [6.45, 7) is 7.25. The van der Waals surface area contributed by atoms with Crippen LogP contribution in [-0.4, -0.2) is 41.4 Å². The molecule has 120 valence electrons. The molecular weight excluding hydrogens is 282 g/mol. The second-order valence-electron chi connectivity index (χ2n) is 6.19. The number of non-ortho nitro benzene ring substituents is 1. The molecule has 1 saturated heterocycles. The van der Waals surface area contributed by atoms with Crippen LogP contribution in [0.15, 0.2) is 24.3 Å². The number of nitrogens with zero attached hydrogens (tertiary/aromatic N) is 2. The van der Waals surface area contributed by atoms with Crippen molar-refractivity contribution in [2.45, 2.75) is 32.7 Å². The molecule has 0 radical (unpaired) electrons. The number of amides is 1. The van der Waals surface area contributed by atoms with Crippen molar-refractivity contribution in [3.63, 3.8) is 0 Å². The number of rotatable bonds is 5. The highest BCUT2D eigenvalue weighted by atomic mass is 16.6. The predicted molar refractivity (Wildman–Crippen MR) is 84.9 cm³/mol. The van der Waals surface area contributed by atoms with E-state index in [1.54, 1.807) is 0 Å². The van der Waals surface area contributed by atoms with Gasteiger partial charge in [0.1, 0.15) is 0 Å². The number of carbonyl (C=O) groups excluding carboxylic acids is 1. The highest BCUT2D eigenvalue weighted by molar-refractivity contribution is 5.94. The molecule has 2 rings (SSSR count). The molecule has 22 heavy (non-hydrogen) atoms. The van der Waals surface area contributed by atoms with E-state index in [0.717, 1.165) is 19.6 Å². The van der Waals surface area contributed by atoms with Gasteiger partial charge in [-0.05, 0) is 44.4 Å². The van der Waals surface area contributed by atoms with E-state index in [2.05, 4.69) is 17.1 Å². The van der Waals surface area contributed by atoms with E-state index in [0.29, 0.717) is 11.5 Å². The number of nitro groups is 1. The highest BCUT2D eigenvalue weighted by Crippen LogP contribution is 2.16. The van der Waals surface area contributed by atoms with E-state index in [1.165, 1.54) is 37.1 Å². The normalized spacial score (nSPS) is 20.4. The summed E-state index contributed by atoms with van der Waals surface area (Å²) < 4.78 is 0. The first-order chi connectivity index (χ1) is 10.5. The lowest BCUT2D eigenvalue weighted by Crippen LogP contribution is -2.45. The summed E-state index contributed by atoms with van der Waals surface area (Å²) in [7, 11) is 0. The van der Waals surface area contributed by atoms with Gasteiger partial charge in [0.05, 0.1) is 4.92 Å². The van der Waals surface area contributed by atoms with Crippen molar-refractivity contribution in [2.24, 2.45) is 5.92 Å². The minimum absolute atomic E-state index is 0.00750. The van der Waals surface area contributed by atoms with Gasteiger partial charge in [0, 0.05) is 36.8 Å². The van der Waals surface area contributed by atoms with Crippen LogP contribution in [0.1, 0.15) is 37.0 Å². The van der Waals surface area contributed by atoms with Gasteiger partial charge < -0.3 is 10.2 Å². The lowest BCUT2D eigenvalue weighted by molar-refractivity contribution is -0.384. The Kier molecular flexibility index (Phi) is 5.49. The Morgan fingerprint density at radius 2 is 2.14 bits per heavy atom. The van der Waals surface area contributed by atoms with Crippen molar-refractivity contribution >= 4 is 11.6 Å². The summed E-state index contributed by atoms with van der Waals surface area (Å²) in [4.78, 5) is 24.7. The first-order valence-corrected chi connectivity index (χ1v) is 7.73. The maximum atomic E-state index is 12.1. The van der Waals surface area contributed by atoms with Gasteiger partial charge in [0.15, 0.2) is 0 Å². The Bertz CT molecular complexity index is 530. The quantitative estimate of drug-likeness (QED) is 0.669. The molecule has 0 aliphatic carbocycles. The number of nitro benzene ring substituents is 1. The molecule has 1 aliphatic heterocycles. The average Bonchev–Trinajstić information content (AvgIpc) is 2.47. The SMILES string of the molecule is CC1CCCN(CC(C)NC(=O)c2ccc([N+](=O)[O-])cc2)C1. The van der Waals surface area contributed by atoms with Crippen LogP contribution in [-0.2, 0) is 0 Å². The molecule has 1 aliphatic rings. The smallest absolute Gasteiger partial charge is 0.269 e.